The van der Waals surface area contributed by atoms with Gasteiger partial charge in [-0.15, -0.1) is 0 Å². The summed E-state index contributed by atoms with van der Waals surface area (Å²) >= 11 is 1.93. The molecule has 4 heteroatoms. The fraction of sp³-hybridized carbons (Fsp3) is 0.455. The third kappa shape index (κ3) is 4.40. The number of benzene rings is 1. The molecule has 2 nitrogen and oxygen atoms in total. The van der Waals surface area contributed by atoms with Gasteiger partial charge >= 0.3 is 97.7 Å². The molecule has 0 atom stereocenters. The summed E-state index contributed by atoms with van der Waals surface area (Å²) in [5, 5.41) is 0. The molecule has 0 radical (unpaired) electrons. The van der Waals surface area contributed by atoms with E-state index in [1.54, 1.807) is 0 Å². The number of nitrogens with zero attached hydrogens (tertiary/aromatic N) is 1. The quantitative estimate of drug-likeness (QED) is 0.548. The van der Waals surface area contributed by atoms with Gasteiger partial charge in [0.2, 0.25) is 0 Å². The second-order valence-electron chi connectivity index (χ2n) is 3.71. The number of ether oxygens (including phenoxy) is 1. The normalized spacial score (nSPS) is 17.2. The molecule has 1 aliphatic rings. The molecule has 0 unspecified atom stereocenters. The van der Waals surface area contributed by atoms with Crippen molar-refractivity contribution in [3.8, 4) is 0 Å². The van der Waals surface area contributed by atoms with E-state index in [-0.39, 0.29) is 17.0 Å². The zero-order valence-corrected chi connectivity index (χ0v) is 11.8. The van der Waals surface area contributed by atoms with Crippen molar-refractivity contribution >= 4 is 25.4 Å². The summed E-state index contributed by atoms with van der Waals surface area (Å²) in [6.07, 6.45) is 0. The van der Waals surface area contributed by atoms with Crippen molar-refractivity contribution in [2.45, 2.75) is 6.54 Å². The number of rotatable bonds is 2. The number of hydrogen-bond donors (Lipinski definition) is 0. The molecule has 15 heavy (non-hydrogen) atoms. The van der Waals surface area contributed by atoms with Crippen molar-refractivity contribution in [1.82, 2.24) is 4.90 Å². The summed E-state index contributed by atoms with van der Waals surface area (Å²) in [6, 6.07) is 8.82. The Kier molecular flexibility index (Phi) is 6.15. The average molecular weight is 280 g/mol. The second kappa shape index (κ2) is 6.86. The van der Waals surface area contributed by atoms with Crippen molar-refractivity contribution < 1.29 is 21.7 Å². The van der Waals surface area contributed by atoms with Gasteiger partial charge in [-0.05, 0) is 0 Å². The predicted molar refractivity (Wildman–Crippen MR) is 57.9 cm³/mol. The van der Waals surface area contributed by atoms with Crippen LogP contribution < -0.4 is 20.7 Å². The van der Waals surface area contributed by atoms with E-state index in [1.807, 2.05) is 21.7 Å². The van der Waals surface area contributed by atoms with Crippen LogP contribution >= 0.6 is 0 Å². The Hall–Kier alpha value is 0.386. The SMILES string of the molecule is [Br-].[Mg+][c]1ccc(CN2CCOCC2)cc1. The molecule has 1 fully saturated rings. The van der Waals surface area contributed by atoms with E-state index in [0.717, 1.165) is 32.8 Å². The first-order chi connectivity index (χ1) is 6.84. The summed E-state index contributed by atoms with van der Waals surface area (Å²) in [6.45, 7) is 4.96. The van der Waals surface area contributed by atoms with E-state index in [2.05, 4.69) is 29.2 Å². The average Bonchev–Trinajstić information content (AvgIpc) is 2.23. The summed E-state index contributed by atoms with van der Waals surface area (Å²) < 4.78 is 6.67. The maximum atomic E-state index is 5.32. The van der Waals surface area contributed by atoms with Gasteiger partial charge in [-0.3, -0.25) is 0 Å². The second-order valence-corrected chi connectivity index (χ2v) is 4.52. The zero-order valence-electron chi connectivity index (χ0n) is 8.79. The van der Waals surface area contributed by atoms with Crippen molar-refractivity contribution in [2.24, 2.45) is 0 Å². The van der Waals surface area contributed by atoms with Crippen molar-refractivity contribution in [1.29, 1.82) is 0 Å². The molecular weight excluding hydrogens is 266 g/mol. The molecule has 2 rings (SSSR count). The van der Waals surface area contributed by atoms with Gasteiger partial charge in [-0.25, -0.2) is 0 Å². The van der Waals surface area contributed by atoms with Crippen LogP contribution in [0, 0.1) is 0 Å². The molecule has 1 aromatic carbocycles. The van der Waals surface area contributed by atoms with Crippen LogP contribution in [0.5, 0.6) is 0 Å². The van der Waals surface area contributed by atoms with Gasteiger partial charge < -0.3 is 17.0 Å². The van der Waals surface area contributed by atoms with E-state index in [9.17, 15) is 0 Å². The third-order valence-corrected chi connectivity index (χ3v) is 3.00. The van der Waals surface area contributed by atoms with Gasteiger partial charge in [0.05, 0.1) is 0 Å². The summed E-state index contributed by atoms with van der Waals surface area (Å²) in [5.74, 6) is 0. The van der Waals surface area contributed by atoms with Crippen molar-refractivity contribution in [3.05, 3.63) is 29.8 Å². The van der Waals surface area contributed by atoms with Gasteiger partial charge in [0, 0.05) is 0 Å². The van der Waals surface area contributed by atoms with Gasteiger partial charge in [-0.2, -0.15) is 0 Å². The predicted octanol–water partition coefficient (Wildman–Crippen LogP) is -2.68. The summed E-state index contributed by atoms with van der Waals surface area (Å²) in [7, 11) is 0. The van der Waals surface area contributed by atoms with Crippen LogP contribution in [0.25, 0.3) is 0 Å². The number of morpholine rings is 1. The van der Waals surface area contributed by atoms with Crippen LogP contribution in [0.4, 0.5) is 0 Å². The number of halogens is 1. The Morgan fingerprint density at radius 3 is 2.33 bits per heavy atom. The Bertz CT molecular complexity index is 285. The van der Waals surface area contributed by atoms with Crippen molar-refractivity contribution in [3.63, 3.8) is 0 Å². The first kappa shape index (κ1) is 13.5. The monoisotopic (exact) mass is 279 g/mol. The third-order valence-electron chi connectivity index (χ3n) is 2.53. The van der Waals surface area contributed by atoms with Gasteiger partial charge in [0.25, 0.3) is 0 Å². The van der Waals surface area contributed by atoms with Crippen LogP contribution in [0.2, 0.25) is 0 Å². The minimum atomic E-state index is 0. The minimum absolute atomic E-state index is 0. The van der Waals surface area contributed by atoms with Gasteiger partial charge in [0.15, 0.2) is 0 Å². The van der Waals surface area contributed by atoms with E-state index in [4.69, 9.17) is 4.74 Å². The first-order valence-electron chi connectivity index (χ1n) is 5.05. The fourth-order valence-electron chi connectivity index (χ4n) is 1.66. The maximum absolute atomic E-state index is 5.32. The van der Waals surface area contributed by atoms with E-state index in [1.165, 1.54) is 9.26 Å². The fourth-order valence-corrected chi connectivity index (χ4v) is 1.90. The molecule has 1 heterocycles. The van der Waals surface area contributed by atoms with E-state index in [0.29, 0.717) is 0 Å². The van der Waals surface area contributed by atoms with E-state index >= 15 is 0 Å². The molecular formula is C11H14BrMgNO. The van der Waals surface area contributed by atoms with Crippen LogP contribution in [0.1, 0.15) is 5.56 Å². The van der Waals surface area contributed by atoms with Crippen LogP contribution in [0.3, 0.4) is 0 Å². The molecule has 78 valence electrons. The molecule has 0 aromatic heterocycles. The Morgan fingerprint density at radius 1 is 1.13 bits per heavy atom. The summed E-state index contributed by atoms with van der Waals surface area (Å²) in [4.78, 5) is 2.44. The molecule has 1 aliphatic heterocycles. The van der Waals surface area contributed by atoms with E-state index < -0.39 is 0 Å². The van der Waals surface area contributed by atoms with Gasteiger partial charge in [0.1, 0.15) is 0 Å². The van der Waals surface area contributed by atoms with Crippen LogP contribution in [-0.4, -0.2) is 52.9 Å². The van der Waals surface area contributed by atoms with Crippen molar-refractivity contribution in [2.75, 3.05) is 26.3 Å². The zero-order chi connectivity index (χ0) is 9.80. The molecule has 0 spiro atoms. The number of hydrogen-bond acceptors (Lipinski definition) is 2. The standard InChI is InChI=1S/C11H14NO.BrH.Mg/c1-2-4-11(5-3-1)10-12-6-8-13-9-7-12;;/h2-5H,6-10H2;1H;/q;;+1/p-1. The molecule has 0 bridgehead atoms. The summed E-state index contributed by atoms with van der Waals surface area (Å²) in [5.41, 5.74) is 1.40. The topological polar surface area (TPSA) is 12.5 Å². The van der Waals surface area contributed by atoms with Crippen LogP contribution in [-0.2, 0) is 11.3 Å². The Balaban J connectivity index is 0.00000112. The molecule has 0 saturated carbocycles. The molecule has 1 aromatic rings. The van der Waals surface area contributed by atoms with Crippen LogP contribution in [0.15, 0.2) is 24.3 Å². The molecule has 0 aliphatic carbocycles. The van der Waals surface area contributed by atoms with Gasteiger partial charge in [-0.1, -0.05) is 0 Å². The Labute approximate surface area is 114 Å². The molecule has 0 N–H and O–H groups in total. The first-order valence-corrected chi connectivity index (χ1v) is 5.76. The Morgan fingerprint density at radius 2 is 1.73 bits per heavy atom. The molecule has 0 amide bonds. The molecule has 1 saturated heterocycles.